The molecular weight excluding hydrogens is 557 g/mol. The Morgan fingerprint density at radius 3 is 2.45 bits per heavy atom. The minimum Gasteiger partial charge on any atom is -0.493 e. The lowest BCUT2D eigenvalue weighted by atomic mass is 9.77. The Morgan fingerprint density at radius 1 is 1.19 bits per heavy atom. The van der Waals surface area contributed by atoms with Gasteiger partial charge in [-0.05, 0) is 54.8 Å². The van der Waals surface area contributed by atoms with E-state index in [-0.39, 0.29) is 53.8 Å². The fourth-order valence-electron chi connectivity index (χ4n) is 5.31. The number of aliphatic hydroxyl groups excluding tert-OH is 2. The second kappa shape index (κ2) is 12.5. The van der Waals surface area contributed by atoms with Crippen LogP contribution in [0.4, 0.5) is 13.2 Å². The molecule has 1 aliphatic carbocycles. The van der Waals surface area contributed by atoms with Crippen LogP contribution in [0, 0.1) is 5.92 Å². The van der Waals surface area contributed by atoms with E-state index in [2.05, 4.69) is 5.32 Å². The molecule has 0 bridgehead atoms. The van der Waals surface area contributed by atoms with E-state index in [9.17, 15) is 37.8 Å². The van der Waals surface area contributed by atoms with Crippen LogP contribution in [0.5, 0.6) is 11.5 Å². The molecule has 12 heteroatoms. The topological polar surface area (TPSA) is 125 Å². The number of rotatable bonds is 10. The molecule has 0 aromatic heterocycles. The van der Waals surface area contributed by atoms with Crippen LogP contribution in [0.1, 0.15) is 58.0 Å². The van der Waals surface area contributed by atoms with Crippen molar-refractivity contribution in [3.05, 3.63) is 70.3 Å². The maximum absolute atomic E-state index is 13.8. The number of carbonyl (C=O) groups excluding carboxylic acids is 3. The van der Waals surface area contributed by atoms with Gasteiger partial charge in [0.2, 0.25) is 5.91 Å². The molecule has 4 rings (SSSR count). The van der Waals surface area contributed by atoms with Crippen LogP contribution in [-0.2, 0) is 11.0 Å². The lowest BCUT2D eigenvalue weighted by molar-refractivity contribution is -0.137. The van der Waals surface area contributed by atoms with Gasteiger partial charge < -0.3 is 29.9 Å². The molecule has 226 valence electrons. The van der Waals surface area contributed by atoms with Crippen molar-refractivity contribution in [3.63, 3.8) is 0 Å². The van der Waals surface area contributed by atoms with Crippen LogP contribution >= 0.6 is 0 Å². The van der Waals surface area contributed by atoms with Gasteiger partial charge in [-0.2, -0.15) is 13.2 Å². The zero-order chi connectivity index (χ0) is 30.8. The van der Waals surface area contributed by atoms with E-state index in [1.54, 1.807) is 6.07 Å². The molecule has 2 aromatic carbocycles. The first-order chi connectivity index (χ1) is 19.9. The average Bonchev–Trinajstić information content (AvgIpc) is 3.35. The molecule has 4 unspecified atom stereocenters. The number of halogens is 3. The van der Waals surface area contributed by atoms with Crippen molar-refractivity contribution >= 4 is 18.1 Å². The summed E-state index contributed by atoms with van der Waals surface area (Å²) >= 11 is 0. The minimum absolute atomic E-state index is 0.0197. The summed E-state index contributed by atoms with van der Waals surface area (Å²) in [5.41, 5.74) is -0.0855. The van der Waals surface area contributed by atoms with E-state index in [0.717, 1.165) is 24.3 Å². The number of alkyl halides is 3. The van der Waals surface area contributed by atoms with Crippen molar-refractivity contribution in [1.29, 1.82) is 0 Å². The minimum atomic E-state index is -4.58. The van der Waals surface area contributed by atoms with Gasteiger partial charge in [-0.15, -0.1) is 0 Å². The molecule has 9 nitrogen and oxygen atoms in total. The summed E-state index contributed by atoms with van der Waals surface area (Å²) in [4.78, 5) is 40.1. The van der Waals surface area contributed by atoms with Crippen LogP contribution in [0.25, 0.3) is 0 Å². The molecule has 0 saturated carbocycles. The number of ether oxygens (including phenoxy) is 2. The largest absolute Gasteiger partial charge is 0.493 e. The number of nitrogens with zero attached hydrogens (tertiary/aromatic N) is 1. The predicted molar refractivity (Wildman–Crippen MR) is 145 cm³/mol. The van der Waals surface area contributed by atoms with E-state index in [1.165, 1.54) is 24.2 Å². The first kappa shape index (κ1) is 31.0. The predicted octanol–water partition coefficient (Wildman–Crippen LogP) is 3.34. The third kappa shape index (κ3) is 6.14. The molecule has 2 amide bonds. The second-order valence-electron chi connectivity index (χ2n) is 10.7. The lowest BCUT2D eigenvalue weighted by Gasteiger charge is -2.41. The number of carbonyl (C=O) groups is 3. The molecule has 0 fully saturated rings. The second-order valence-corrected chi connectivity index (χ2v) is 10.7. The number of aldehydes is 1. The van der Waals surface area contributed by atoms with Crippen LogP contribution in [0.3, 0.4) is 0 Å². The Kier molecular flexibility index (Phi) is 9.27. The molecule has 2 aromatic rings. The summed E-state index contributed by atoms with van der Waals surface area (Å²) in [7, 11) is 1.38. The molecular formula is C30H33F3N2O7. The van der Waals surface area contributed by atoms with Crippen molar-refractivity contribution in [2.75, 3.05) is 26.8 Å². The number of aliphatic hydroxyl groups is 2. The van der Waals surface area contributed by atoms with Gasteiger partial charge in [0.25, 0.3) is 5.91 Å². The molecule has 42 heavy (non-hydrogen) atoms. The lowest BCUT2D eigenvalue weighted by Crippen LogP contribution is -2.56. The number of fused-ring (bicyclic) bond motifs is 3. The summed E-state index contributed by atoms with van der Waals surface area (Å²) in [6.45, 7) is 3.61. The highest BCUT2D eigenvalue weighted by molar-refractivity contribution is 5.98. The average molecular weight is 591 g/mol. The molecule has 4 atom stereocenters. The monoisotopic (exact) mass is 590 g/mol. The molecule has 0 saturated heterocycles. The smallest absolute Gasteiger partial charge is 0.416 e. The highest BCUT2D eigenvalue weighted by Gasteiger charge is 2.51. The summed E-state index contributed by atoms with van der Waals surface area (Å²) < 4.78 is 51.0. The Hall–Kier alpha value is -3.90. The van der Waals surface area contributed by atoms with E-state index in [4.69, 9.17) is 9.47 Å². The Balaban J connectivity index is 1.81. The number of amides is 2. The zero-order valence-corrected chi connectivity index (χ0v) is 23.4. The summed E-state index contributed by atoms with van der Waals surface area (Å²) in [5.74, 6) is -1.45. The van der Waals surface area contributed by atoms with Gasteiger partial charge in [-0.1, -0.05) is 13.8 Å². The maximum Gasteiger partial charge on any atom is 0.416 e. The fraction of sp³-hybridized carbons (Fsp3) is 0.433. The summed E-state index contributed by atoms with van der Waals surface area (Å²) in [6.07, 6.45) is -4.44. The van der Waals surface area contributed by atoms with Crippen molar-refractivity contribution < 1.29 is 47.2 Å². The van der Waals surface area contributed by atoms with Crippen LogP contribution < -0.4 is 14.8 Å². The summed E-state index contributed by atoms with van der Waals surface area (Å²) in [6, 6.07) is 5.71. The third-order valence-electron chi connectivity index (χ3n) is 7.44. The summed E-state index contributed by atoms with van der Waals surface area (Å²) in [5, 5.41) is 23.6. The molecule has 2 aliphatic rings. The quantitative estimate of drug-likeness (QED) is 0.363. The van der Waals surface area contributed by atoms with Gasteiger partial charge in [-0.25, -0.2) is 0 Å². The van der Waals surface area contributed by atoms with Gasteiger partial charge >= 0.3 is 6.18 Å². The van der Waals surface area contributed by atoms with Gasteiger partial charge in [0.15, 0.2) is 11.5 Å². The third-order valence-corrected chi connectivity index (χ3v) is 7.44. The van der Waals surface area contributed by atoms with E-state index in [1.807, 2.05) is 13.8 Å². The first-order valence-corrected chi connectivity index (χ1v) is 13.5. The standard InChI is InChI=1S/C30H33F3N2O7/c1-16(2)8-10-35(29(40)18-4-6-19(7-5-18)30(31,32)33)22-14-21(28(39)34-9-11-36)24-20-12-17(15-37)13-23(41-3)26(20)42-27(24)25(22)38/h4-7,12-16,22,24-25,27,36,38H,8-11H2,1-3H3,(H,34,39). The van der Waals surface area contributed by atoms with Crippen LogP contribution in [0.2, 0.25) is 0 Å². The van der Waals surface area contributed by atoms with Gasteiger partial charge in [0.1, 0.15) is 18.5 Å². The Morgan fingerprint density at radius 2 is 1.88 bits per heavy atom. The molecule has 3 N–H and O–H groups in total. The van der Waals surface area contributed by atoms with Crippen molar-refractivity contribution in [2.24, 2.45) is 5.92 Å². The van der Waals surface area contributed by atoms with E-state index < -0.39 is 47.7 Å². The number of hydrogen-bond donors (Lipinski definition) is 3. The van der Waals surface area contributed by atoms with Crippen molar-refractivity contribution in [1.82, 2.24) is 10.2 Å². The first-order valence-electron chi connectivity index (χ1n) is 13.5. The number of nitrogens with one attached hydrogen (secondary N) is 1. The van der Waals surface area contributed by atoms with Crippen molar-refractivity contribution in [3.8, 4) is 11.5 Å². The van der Waals surface area contributed by atoms with Crippen molar-refractivity contribution in [2.45, 2.75) is 50.6 Å². The fourth-order valence-corrected chi connectivity index (χ4v) is 5.31. The van der Waals surface area contributed by atoms with Crippen LogP contribution in [-0.4, -0.2) is 78.3 Å². The van der Waals surface area contributed by atoms with E-state index in [0.29, 0.717) is 18.3 Å². The highest BCUT2D eigenvalue weighted by Crippen LogP contribution is 2.51. The van der Waals surface area contributed by atoms with Gasteiger partial charge in [0.05, 0.1) is 31.2 Å². The molecule has 0 spiro atoms. The van der Waals surface area contributed by atoms with Gasteiger partial charge in [0, 0.05) is 35.4 Å². The normalized spacial score (nSPS) is 21.1. The Labute approximate surface area is 240 Å². The zero-order valence-electron chi connectivity index (χ0n) is 23.4. The van der Waals surface area contributed by atoms with E-state index >= 15 is 0 Å². The maximum atomic E-state index is 13.8. The number of hydrogen-bond acceptors (Lipinski definition) is 7. The van der Waals surface area contributed by atoms with Crippen LogP contribution in [0.15, 0.2) is 48.0 Å². The number of benzene rings is 2. The molecule has 1 aliphatic heterocycles. The SMILES string of the molecule is COc1cc(C=O)cc2c1OC1C2C(C(=O)NCCO)=CC(N(CCC(C)C)C(=O)c2ccc(C(F)(F)F)cc2)C1O. The number of methoxy groups -OCH3 is 1. The highest BCUT2D eigenvalue weighted by atomic mass is 19.4. The Bertz CT molecular complexity index is 1360. The molecule has 1 heterocycles. The van der Waals surface area contributed by atoms with Gasteiger partial charge in [-0.3, -0.25) is 14.4 Å². The molecule has 0 radical (unpaired) electrons.